The second-order valence-electron chi connectivity index (χ2n) is 7.44. The molecule has 31 heavy (non-hydrogen) atoms. The minimum absolute atomic E-state index is 0.00697. The van der Waals surface area contributed by atoms with E-state index in [9.17, 15) is 14.0 Å². The summed E-state index contributed by atoms with van der Waals surface area (Å²) < 4.78 is 25.2. The van der Waals surface area contributed by atoms with Gasteiger partial charge in [0.05, 0.1) is 30.3 Å². The molecule has 9 heteroatoms. The van der Waals surface area contributed by atoms with E-state index in [1.54, 1.807) is 30.0 Å². The maximum absolute atomic E-state index is 14.9. The fourth-order valence-corrected chi connectivity index (χ4v) is 4.42. The minimum atomic E-state index is -0.795. The van der Waals surface area contributed by atoms with Crippen LogP contribution in [0.2, 0.25) is 0 Å². The second-order valence-corrected chi connectivity index (χ2v) is 8.28. The van der Waals surface area contributed by atoms with Crippen LogP contribution >= 0.6 is 11.8 Å². The first-order valence-electron chi connectivity index (χ1n) is 9.97. The number of fused-ring (bicyclic) bond motifs is 1. The molecular formula is C22H26FN3O4S. The van der Waals surface area contributed by atoms with Gasteiger partial charge in [0.2, 0.25) is 5.91 Å². The number of methoxy groups -OCH3 is 1. The van der Waals surface area contributed by atoms with Gasteiger partial charge >= 0.3 is 5.97 Å². The predicted octanol–water partition coefficient (Wildman–Crippen LogP) is 3.50. The van der Waals surface area contributed by atoms with E-state index in [2.05, 4.69) is 10.3 Å². The standard InChI is InChI=1S/C22H26FN3O4S/c1-13(2)24-18(27)11-15-12-31-22-25-14(3)19(21(28)30-10-9-29-4)20(26(15)22)16-7-5-6-8-17(16)23/h5-8,12-13,20H,9-11H2,1-4H3,(H,24,27). The van der Waals surface area contributed by atoms with Crippen LogP contribution in [-0.2, 0) is 19.1 Å². The van der Waals surface area contributed by atoms with E-state index < -0.39 is 17.8 Å². The summed E-state index contributed by atoms with van der Waals surface area (Å²) in [6, 6.07) is 5.49. The number of halogens is 1. The summed E-state index contributed by atoms with van der Waals surface area (Å²) >= 11 is 1.34. The first kappa shape index (κ1) is 23.0. The van der Waals surface area contributed by atoms with Gasteiger partial charge in [-0.1, -0.05) is 30.0 Å². The lowest BCUT2D eigenvalue weighted by Gasteiger charge is -2.36. The number of aliphatic imine (C=N–C) groups is 1. The lowest BCUT2D eigenvalue weighted by molar-refractivity contribution is -0.141. The highest BCUT2D eigenvalue weighted by atomic mass is 32.2. The zero-order valence-electron chi connectivity index (χ0n) is 18.0. The van der Waals surface area contributed by atoms with Gasteiger partial charge < -0.3 is 19.7 Å². The Kier molecular flexibility index (Phi) is 7.50. The van der Waals surface area contributed by atoms with Crippen molar-refractivity contribution >= 4 is 28.8 Å². The summed E-state index contributed by atoms with van der Waals surface area (Å²) in [4.78, 5) is 31.7. The normalized spacial score (nSPS) is 18.0. The van der Waals surface area contributed by atoms with E-state index >= 15 is 0 Å². The van der Waals surface area contributed by atoms with Crippen molar-refractivity contribution in [2.75, 3.05) is 20.3 Å². The molecule has 0 saturated carbocycles. The lowest BCUT2D eigenvalue weighted by Crippen LogP contribution is -2.39. The summed E-state index contributed by atoms with van der Waals surface area (Å²) in [5.74, 6) is -1.20. The van der Waals surface area contributed by atoms with Crippen LogP contribution < -0.4 is 5.32 Å². The van der Waals surface area contributed by atoms with Crippen LogP contribution in [0.15, 0.2) is 51.6 Å². The van der Waals surface area contributed by atoms with E-state index in [4.69, 9.17) is 9.47 Å². The highest BCUT2D eigenvalue weighted by Gasteiger charge is 2.42. The number of carbonyl (C=O) groups excluding carboxylic acids is 2. The maximum atomic E-state index is 14.9. The van der Waals surface area contributed by atoms with Crippen LogP contribution in [-0.4, -0.2) is 48.3 Å². The summed E-state index contributed by atoms with van der Waals surface area (Å²) in [6.07, 6.45) is 0.0835. The Morgan fingerprint density at radius 2 is 2.03 bits per heavy atom. The number of ether oxygens (including phenoxy) is 2. The molecule has 7 nitrogen and oxygen atoms in total. The zero-order chi connectivity index (χ0) is 22.5. The Morgan fingerprint density at radius 3 is 2.71 bits per heavy atom. The number of amides is 1. The van der Waals surface area contributed by atoms with Gasteiger partial charge in [-0.3, -0.25) is 4.79 Å². The molecule has 1 atom stereocenters. The number of carbonyl (C=O) groups is 2. The first-order chi connectivity index (χ1) is 14.8. The van der Waals surface area contributed by atoms with Crippen LogP contribution in [0.5, 0.6) is 0 Å². The van der Waals surface area contributed by atoms with Crippen LogP contribution in [0.4, 0.5) is 4.39 Å². The van der Waals surface area contributed by atoms with Gasteiger partial charge in [-0.15, -0.1) is 0 Å². The van der Waals surface area contributed by atoms with Crippen molar-refractivity contribution in [2.24, 2.45) is 4.99 Å². The topological polar surface area (TPSA) is 80.2 Å². The summed E-state index contributed by atoms with van der Waals surface area (Å²) in [5.41, 5.74) is 1.65. The van der Waals surface area contributed by atoms with Crippen molar-refractivity contribution in [3.05, 3.63) is 58.0 Å². The number of allylic oxidation sites excluding steroid dienone is 1. The van der Waals surface area contributed by atoms with Gasteiger partial charge in [-0.05, 0) is 32.2 Å². The van der Waals surface area contributed by atoms with Gasteiger partial charge in [0, 0.05) is 24.4 Å². The van der Waals surface area contributed by atoms with E-state index in [0.29, 0.717) is 22.1 Å². The zero-order valence-corrected chi connectivity index (χ0v) is 18.8. The molecule has 3 rings (SSSR count). The Hall–Kier alpha value is -2.65. The van der Waals surface area contributed by atoms with Gasteiger partial charge in [0.15, 0.2) is 5.17 Å². The number of esters is 1. The molecule has 1 N–H and O–H groups in total. The predicted molar refractivity (Wildman–Crippen MR) is 118 cm³/mol. The highest BCUT2D eigenvalue weighted by molar-refractivity contribution is 8.16. The summed E-state index contributed by atoms with van der Waals surface area (Å²) in [7, 11) is 1.51. The highest BCUT2D eigenvalue weighted by Crippen LogP contribution is 2.45. The maximum Gasteiger partial charge on any atom is 0.338 e. The molecule has 0 bridgehead atoms. The third-order valence-corrected chi connectivity index (χ3v) is 5.62. The van der Waals surface area contributed by atoms with Crippen molar-refractivity contribution in [1.82, 2.24) is 10.2 Å². The van der Waals surface area contributed by atoms with Crippen LogP contribution in [0, 0.1) is 5.82 Å². The Morgan fingerprint density at radius 1 is 1.29 bits per heavy atom. The smallest absolute Gasteiger partial charge is 0.338 e. The quantitative estimate of drug-likeness (QED) is 0.485. The lowest BCUT2D eigenvalue weighted by atomic mass is 9.93. The van der Waals surface area contributed by atoms with Gasteiger partial charge in [0.25, 0.3) is 0 Å². The van der Waals surface area contributed by atoms with Crippen LogP contribution in [0.25, 0.3) is 0 Å². The fourth-order valence-electron chi connectivity index (χ4n) is 3.45. The molecule has 1 aromatic carbocycles. The van der Waals surface area contributed by atoms with E-state index in [-0.39, 0.29) is 37.2 Å². The molecule has 2 heterocycles. The van der Waals surface area contributed by atoms with Gasteiger partial charge in [0.1, 0.15) is 12.4 Å². The molecule has 1 aromatic rings. The molecule has 2 aliphatic heterocycles. The fraction of sp³-hybridized carbons (Fsp3) is 0.409. The number of benzene rings is 1. The van der Waals surface area contributed by atoms with Crippen molar-refractivity contribution < 1.29 is 23.5 Å². The molecule has 0 aliphatic carbocycles. The molecule has 166 valence electrons. The van der Waals surface area contributed by atoms with Crippen molar-refractivity contribution in [3.8, 4) is 0 Å². The van der Waals surface area contributed by atoms with Crippen LogP contribution in [0.3, 0.4) is 0 Å². The molecule has 1 amide bonds. The molecule has 1 unspecified atom stereocenters. The van der Waals surface area contributed by atoms with E-state index in [1.807, 2.05) is 19.3 Å². The Bertz CT molecular complexity index is 958. The largest absolute Gasteiger partial charge is 0.460 e. The molecule has 2 aliphatic rings. The number of amidine groups is 1. The average molecular weight is 448 g/mol. The molecule has 0 saturated heterocycles. The van der Waals surface area contributed by atoms with Crippen molar-refractivity contribution in [3.63, 3.8) is 0 Å². The Balaban J connectivity index is 2.01. The SMILES string of the molecule is COCCOC(=O)C1=C(C)N=C2SC=C(CC(=O)NC(C)C)N2C1c1ccccc1F. The van der Waals surface area contributed by atoms with Gasteiger partial charge in [-0.2, -0.15) is 0 Å². The van der Waals surface area contributed by atoms with Gasteiger partial charge in [-0.25, -0.2) is 14.2 Å². The second kappa shape index (κ2) is 10.1. The number of nitrogens with one attached hydrogen (secondary N) is 1. The molecular weight excluding hydrogens is 421 g/mol. The number of hydrogen-bond donors (Lipinski definition) is 1. The number of nitrogens with zero attached hydrogens (tertiary/aromatic N) is 2. The Labute approximate surface area is 185 Å². The van der Waals surface area contributed by atoms with Crippen LogP contribution in [0.1, 0.15) is 38.8 Å². The monoisotopic (exact) mass is 447 g/mol. The number of rotatable bonds is 8. The molecule has 0 fully saturated rings. The average Bonchev–Trinajstić information content (AvgIpc) is 3.08. The third-order valence-electron chi connectivity index (χ3n) is 4.73. The first-order valence-corrected chi connectivity index (χ1v) is 10.9. The van der Waals surface area contributed by atoms with Crippen molar-refractivity contribution in [2.45, 2.75) is 39.3 Å². The van der Waals surface area contributed by atoms with E-state index in [1.165, 1.54) is 24.9 Å². The van der Waals surface area contributed by atoms with E-state index in [0.717, 1.165) is 0 Å². The van der Waals surface area contributed by atoms with Crippen molar-refractivity contribution in [1.29, 1.82) is 0 Å². The molecule has 0 radical (unpaired) electrons. The third kappa shape index (κ3) is 5.16. The summed E-state index contributed by atoms with van der Waals surface area (Å²) in [5, 5.41) is 5.27. The number of thioether (sulfide) groups is 1. The molecule has 0 spiro atoms. The minimum Gasteiger partial charge on any atom is -0.460 e. The molecule has 0 aromatic heterocycles. The number of hydrogen-bond acceptors (Lipinski definition) is 7. The summed E-state index contributed by atoms with van der Waals surface area (Å²) in [6.45, 7) is 5.78.